The second-order valence-electron chi connectivity index (χ2n) is 6.44. The summed E-state index contributed by atoms with van der Waals surface area (Å²) >= 11 is 3.78. The molecule has 3 aromatic carbocycles. The van der Waals surface area contributed by atoms with Crippen molar-refractivity contribution in [3.63, 3.8) is 0 Å². The van der Waals surface area contributed by atoms with E-state index in [-0.39, 0.29) is 5.92 Å². The lowest BCUT2D eigenvalue weighted by atomic mass is 9.96. The molecule has 0 saturated heterocycles. The molecular weight excluding hydrogens is 372 g/mol. The van der Waals surface area contributed by atoms with E-state index in [1.165, 1.54) is 27.8 Å². The van der Waals surface area contributed by atoms with Crippen LogP contribution in [0.5, 0.6) is 5.75 Å². The van der Waals surface area contributed by atoms with Crippen molar-refractivity contribution in [3.8, 4) is 16.9 Å². The van der Waals surface area contributed by atoms with Crippen molar-refractivity contribution in [2.75, 3.05) is 0 Å². The molecule has 0 N–H and O–H groups in total. The van der Waals surface area contributed by atoms with Gasteiger partial charge in [-0.2, -0.15) is 0 Å². The summed E-state index contributed by atoms with van der Waals surface area (Å²) in [6.07, 6.45) is 0. The van der Waals surface area contributed by atoms with Gasteiger partial charge in [-0.15, -0.1) is 0 Å². The first-order chi connectivity index (χ1) is 12.1. The summed E-state index contributed by atoms with van der Waals surface area (Å²) in [6, 6.07) is 25.3. The zero-order chi connectivity index (χ0) is 17.4. The average Bonchev–Trinajstić information content (AvgIpc) is 2.98. The van der Waals surface area contributed by atoms with Gasteiger partial charge in [-0.05, 0) is 51.2 Å². The van der Waals surface area contributed by atoms with Gasteiger partial charge in [-0.3, -0.25) is 0 Å². The highest BCUT2D eigenvalue weighted by atomic mass is 79.9. The predicted octanol–water partition coefficient (Wildman–Crippen LogP) is 6.92. The molecule has 0 spiro atoms. The number of allylic oxidation sites excluding steroid dienone is 1. The van der Waals surface area contributed by atoms with Crippen molar-refractivity contribution >= 4 is 20.4 Å². The predicted molar refractivity (Wildman–Crippen MR) is 108 cm³/mol. The maximum atomic E-state index is 6.29. The van der Waals surface area contributed by atoms with Gasteiger partial charge in [0.05, 0.1) is 4.48 Å². The van der Waals surface area contributed by atoms with Crippen molar-refractivity contribution < 1.29 is 4.74 Å². The highest BCUT2D eigenvalue weighted by Crippen LogP contribution is 2.46. The Balaban J connectivity index is 1.75. The minimum Gasteiger partial charge on any atom is -0.460 e. The summed E-state index contributed by atoms with van der Waals surface area (Å²) in [5, 5.41) is 0. The zero-order valence-corrected chi connectivity index (χ0v) is 15.9. The maximum absolute atomic E-state index is 6.29. The van der Waals surface area contributed by atoms with Gasteiger partial charge in [0.2, 0.25) is 0 Å². The highest BCUT2D eigenvalue weighted by Gasteiger charge is 2.29. The number of aryl methyl sites for hydroxylation is 1. The first-order valence-electron chi connectivity index (χ1n) is 8.48. The van der Waals surface area contributed by atoms with Gasteiger partial charge in [0.1, 0.15) is 11.5 Å². The molecule has 1 nitrogen and oxygen atoms in total. The molecule has 0 saturated carbocycles. The molecule has 0 radical (unpaired) electrons. The molecule has 0 aromatic heterocycles. The number of halogens is 1. The van der Waals surface area contributed by atoms with E-state index >= 15 is 0 Å². The van der Waals surface area contributed by atoms with E-state index in [1.807, 2.05) is 6.07 Å². The molecule has 25 heavy (non-hydrogen) atoms. The Morgan fingerprint density at radius 1 is 0.880 bits per heavy atom. The molecule has 2 heteroatoms. The van der Waals surface area contributed by atoms with E-state index in [1.54, 1.807) is 0 Å². The van der Waals surface area contributed by atoms with Gasteiger partial charge in [0.15, 0.2) is 0 Å². The molecule has 3 aromatic rings. The van der Waals surface area contributed by atoms with Crippen LogP contribution in [0.4, 0.5) is 0 Å². The number of hydrogen-bond acceptors (Lipinski definition) is 1. The van der Waals surface area contributed by atoms with Crippen LogP contribution in [-0.4, -0.2) is 0 Å². The fourth-order valence-corrected chi connectivity index (χ4v) is 4.19. The van der Waals surface area contributed by atoms with Crippen LogP contribution in [0.3, 0.4) is 0 Å². The van der Waals surface area contributed by atoms with Crippen molar-refractivity contribution in [2.24, 2.45) is 0 Å². The normalized spacial score (nSPS) is 17.8. The standard InChI is InChI=1S/C23H19BrO/c1-15-8-6-7-11-19(15)22(24)23-16(2)20-13-12-18(14-21(20)25-23)17-9-4-3-5-10-17/h3-14,16H,1-2H3/b23-22-. The third kappa shape index (κ3) is 2.91. The van der Waals surface area contributed by atoms with Crippen molar-refractivity contribution in [2.45, 2.75) is 19.8 Å². The number of ether oxygens (including phenoxy) is 1. The molecule has 0 bridgehead atoms. The summed E-state index contributed by atoms with van der Waals surface area (Å²) in [5.74, 6) is 2.16. The van der Waals surface area contributed by atoms with E-state index in [9.17, 15) is 0 Å². The number of benzene rings is 3. The van der Waals surface area contributed by atoms with Crippen LogP contribution in [0.2, 0.25) is 0 Å². The van der Waals surface area contributed by atoms with Gasteiger partial charge in [-0.1, -0.05) is 73.7 Å². The van der Waals surface area contributed by atoms with Crippen LogP contribution < -0.4 is 4.74 Å². The van der Waals surface area contributed by atoms with Gasteiger partial charge >= 0.3 is 0 Å². The van der Waals surface area contributed by atoms with Crippen molar-refractivity contribution in [3.05, 3.63) is 95.2 Å². The van der Waals surface area contributed by atoms with Crippen molar-refractivity contribution in [1.29, 1.82) is 0 Å². The minimum absolute atomic E-state index is 0.230. The van der Waals surface area contributed by atoms with E-state index in [0.717, 1.165) is 16.0 Å². The molecule has 1 heterocycles. The first kappa shape index (κ1) is 16.2. The monoisotopic (exact) mass is 390 g/mol. The maximum Gasteiger partial charge on any atom is 0.131 e. The molecule has 1 aliphatic rings. The Bertz CT molecular complexity index is 957. The summed E-state index contributed by atoms with van der Waals surface area (Å²) < 4.78 is 7.32. The molecule has 124 valence electrons. The average molecular weight is 391 g/mol. The van der Waals surface area contributed by atoms with E-state index in [4.69, 9.17) is 4.74 Å². The largest absolute Gasteiger partial charge is 0.460 e. The second kappa shape index (κ2) is 6.53. The zero-order valence-electron chi connectivity index (χ0n) is 14.3. The lowest BCUT2D eigenvalue weighted by Gasteiger charge is -2.11. The summed E-state index contributed by atoms with van der Waals surface area (Å²) in [7, 11) is 0. The Kier molecular flexibility index (Phi) is 4.22. The number of rotatable bonds is 2. The van der Waals surface area contributed by atoms with Crippen LogP contribution in [0.15, 0.2) is 78.6 Å². The van der Waals surface area contributed by atoms with Crippen LogP contribution in [0.1, 0.15) is 29.5 Å². The fourth-order valence-electron chi connectivity index (χ4n) is 3.33. The first-order valence-corrected chi connectivity index (χ1v) is 9.27. The Morgan fingerprint density at radius 2 is 1.60 bits per heavy atom. The molecule has 4 rings (SSSR count). The van der Waals surface area contributed by atoms with Crippen LogP contribution in [-0.2, 0) is 0 Å². The molecule has 1 unspecified atom stereocenters. The Hall–Kier alpha value is -2.32. The Labute approximate surface area is 157 Å². The molecule has 1 atom stereocenters. The van der Waals surface area contributed by atoms with Crippen LogP contribution >= 0.6 is 15.9 Å². The van der Waals surface area contributed by atoms with Gasteiger partial charge < -0.3 is 4.74 Å². The van der Waals surface area contributed by atoms with Crippen LogP contribution in [0, 0.1) is 6.92 Å². The minimum atomic E-state index is 0.230. The lowest BCUT2D eigenvalue weighted by Crippen LogP contribution is -1.97. The van der Waals surface area contributed by atoms with Crippen LogP contribution in [0.25, 0.3) is 15.6 Å². The third-order valence-corrected chi connectivity index (χ3v) is 5.62. The summed E-state index contributed by atoms with van der Waals surface area (Å²) in [4.78, 5) is 0. The quantitative estimate of drug-likeness (QED) is 0.461. The molecule has 0 aliphatic carbocycles. The third-order valence-electron chi connectivity index (χ3n) is 4.80. The Morgan fingerprint density at radius 3 is 2.36 bits per heavy atom. The van der Waals surface area contributed by atoms with Crippen molar-refractivity contribution in [1.82, 2.24) is 0 Å². The topological polar surface area (TPSA) is 9.23 Å². The summed E-state index contributed by atoms with van der Waals surface area (Å²) in [5.41, 5.74) is 6.04. The van der Waals surface area contributed by atoms with Gasteiger partial charge in [0, 0.05) is 11.5 Å². The van der Waals surface area contributed by atoms with E-state index in [2.05, 4.69) is 96.5 Å². The molecule has 1 aliphatic heterocycles. The summed E-state index contributed by atoms with van der Waals surface area (Å²) in [6.45, 7) is 4.32. The van der Waals surface area contributed by atoms with Gasteiger partial charge in [-0.25, -0.2) is 0 Å². The SMILES string of the molecule is Cc1ccccc1/C(Br)=C1/Oc2cc(-c3ccccc3)ccc2C1C. The highest BCUT2D eigenvalue weighted by molar-refractivity contribution is 9.15. The van der Waals surface area contributed by atoms with Gasteiger partial charge in [0.25, 0.3) is 0 Å². The molecule has 0 fully saturated rings. The second-order valence-corrected chi connectivity index (χ2v) is 7.23. The fraction of sp³-hybridized carbons (Fsp3) is 0.130. The molecule has 0 amide bonds. The number of fused-ring (bicyclic) bond motifs is 1. The lowest BCUT2D eigenvalue weighted by molar-refractivity contribution is 0.437. The smallest absolute Gasteiger partial charge is 0.131 e. The van der Waals surface area contributed by atoms with E-state index < -0.39 is 0 Å². The number of hydrogen-bond donors (Lipinski definition) is 0. The van der Waals surface area contributed by atoms with E-state index in [0.29, 0.717) is 0 Å². The molecular formula is C23H19BrO.